The normalized spacial score (nSPS) is 18.2. The fraction of sp³-hybridized carbons (Fsp3) is 0.850. The van der Waals surface area contributed by atoms with Gasteiger partial charge in [-0.2, -0.15) is 0 Å². The number of esters is 1. The van der Waals surface area contributed by atoms with Crippen molar-refractivity contribution in [3.05, 3.63) is 0 Å². The van der Waals surface area contributed by atoms with Crippen molar-refractivity contribution in [1.82, 2.24) is 0 Å². The second-order valence-electron chi connectivity index (χ2n) is 8.64. The summed E-state index contributed by atoms with van der Waals surface area (Å²) < 4.78 is 5.29. The summed E-state index contributed by atoms with van der Waals surface area (Å²) in [5.41, 5.74) is 3.53. The van der Waals surface area contributed by atoms with E-state index in [-0.39, 0.29) is 63.7 Å². The first-order chi connectivity index (χ1) is 13.4. The number of aliphatic hydroxyl groups is 2. The number of carbonyl (C=O) groups is 3. The average Bonchev–Trinajstić information content (AvgIpc) is 2.57. The summed E-state index contributed by atoms with van der Waals surface area (Å²) in [5, 5.41) is 38.9. The second kappa shape index (κ2) is 14.2. The van der Waals surface area contributed by atoms with E-state index in [0.29, 0.717) is 12.3 Å². The van der Waals surface area contributed by atoms with Crippen LogP contribution in [0.4, 0.5) is 0 Å². The van der Waals surface area contributed by atoms with E-state index in [2.05, 4.69) is 0 Å². The summed E-state index contributed by atoms with van der Waals surface area (Å²) in [5.74, 6) is -4.07. The van der Waals surface area contributed by atoms with E-state index in [1.165, 1.54) is 0 Å². The molecule has 0 heterocycles. The molecule has 1 aliphatic carbocycles. The number of nitrogens with two attached hydrogens (primary N) is 1. The second-order valence-corrected chi connectivity index (χ2v) is 8.64. The first-order valence-electron chi connectivity index (χ1n) is 10.2. The Bertz CT molecular complexity index is 549. The molecule has 0 spiro atoms. The van der Waals surface area contributed by atoms with E-state index in [1.54, 1.807) is 0 Å². The van der Waals surface area contributed by atoms with Gasteiger partial charge in [0.1, 0.15) is 6.10 Å². The van der Waals surface area contributed by atoms with E-state index in [4.69, 9.17) is 20.7 Å². The van der Waals surface area contributed by atoms with Crippen LogP contribution in [-0.4, -0.2) is 114 Å². The molecule has 0 radical (unpaired) electrons. The molecule has 30 heavy (non-hydrogen) atoms. The van der Waals surface area contributed by atoms with Crippen LogP contribution in [0.25, 0.3) is 0 Å². The monoisotopic (exact) mass is 457 g/mol. The third-order valence-electron chi connectivity index (χ3n) is 5.35. The van der Waals surface area contributed by atoms with Gasteiger partial charge in [0, 0.05) is 6.04 Å². The molecule has 1 fully saturated rings. The third kappa shape index (κ3) is 10.5. The Balaban J connectivity index is 0.00000841. The molecule has 0 bridgehead atoms. The molecular formula is C20H36KNO8. The van der Waals surface area contributed by atoms with Gasteiger partial charge in [-0.1, -0.05) is 46.0 Å². The fourth-order valence-corrected chi connectivity index (χ4v) is 3.95. The maximum absolute atomic E-state index is 12.6. The van der Waals surface area contributed by atoms with E-state index in [0.717, 1.165) is 32.1 Å². The van der Waals surface area contributed by atoms with Gasteiger partial charge in [-0.3, -0.25) is 9.59 Å². The number of rotatable bonds is 12. The van der Waals surface area contributed by atoms with Gasteiger partial charge in [0.25, 0.3) is 0 Å². The first-order valence-corrected chi connectivity index (χ1v) is 10.2. The Labute approximate surface area is 220 Å². The number of hydrogen-bond acceptors (Lipinski definition) is 7. The van der Waals surface area contributed by atoms with Gasteiger partial charge in [0.05, 0.1) is 18.9 Å². The van der Waals surface area contributed by atoms with Gasteiger partial charge in [0.15, 0.2) is 5.60 Å². The van der Waals surface area contributed by atoms with Crippen molar-refractivity contribution in [3.63, 3.8) is 0 Å². The average molecular weight is 458 g/mol. The third-order valence-corrected chi connectivity index (χ3v) is 5.35. The van der Waals surface area contributed by atoms with Crippen LogP contribution in [0.5, 0.6) is 0 Å². The van der Waals surface area contributed by atoms with Crippen LogP contribution in [0.1, 0.15) is 71.6 Å². The van der Waals surface area contributed by atoms with Gasteiger partial charge in [-0.25, -0.2) is 4.79 Å². The molecule has 3 atom stereocenters. The van der Waals surface area contributed by atoms with Crippen LogP contribution in [0.2, 0.25) is 0 Å². The fourth-order valence-electron chi connectivity index (χ4n) is 3.95. The zero-order valence-corrected chi connectivity index (χ0v) is 17.2. The number of ether oxygens (including phenoxy) is 1. The number of hydrogen-bond donors (Lipinski definition) is 5. The summed E-state index contributed by atoms with van der Waals surface area (Å²) >= 11 is 0. The van der Waals surface area contributed by atoms with Crippen molar-refractivity contribution in [2.24, 2.45) is 17.6 Å². The topological polar surface area (TPSA) is 167 Å². The van der Waals surface area contributed by atoms with Gasteiger partial charge in [-0.05, 0) is 24.7 Å². The number of carboxylic acid groups (broad SMARTS) is 2. The summed E-state index contributed by atoms with van der Waals surface area (Å²) in [6.07, 6.45) is 1.62. The maximum atomic E-state index is 12.6. The van der Waals surface area contributed by atoms with Gasteiger partial charge < -0.3 is 30.9 Å². The molecule has 1 saturated carbocycles. The van der Waals surface area contributed by atoms with Crippen LogP contribution < -0.4 is 5.73 Å². The zero-order valence-electron chi connectivity index (χ0n) is 17.2. The zero-order chi connectivity index (χ0) is 22.2. The van der Waals surface area contributed by atoms with Crippen molar-refractivity contribution in [3.8, 4) is 0 Å². The molecule has 1 rings (SSSR count). The van der Waals surface area contributed by atoms with E-state index >= 15 is 0 Å². The van der Waals surface area contributed by atoms with Gasteiger partial charge >= 0.3 is 69.3 Å². The molecule has 6 N–H and O–H groups in total. The minimum absolute atomic E-state index is 0. The number of aliphatic carboxylic acids is 2. The SMILES string of the molecule is CC(C)CC(O)C(OC(=O)C(O)(CC(=O)O)CC(=O)O)C(N)CC1CCCCC1.[KH]. The predicted octanol–water partition coefficient (Wildman–Crippen LogP) is 0.635. The molecule has 0 aromatic heterocycles. The molecule has 3 unspecified atom stereocenters. The molecule has 9 nitrogen and oxygen atoms in total. The minimum atomic E-state index is -2.74. The molecular weight excluding hydrogens is 421 g/mol. The van der Waals surface area contributed by atoms with E-state index < -0.39 is 54.6 Å². The van der Waals surface area contributed by atoms with Crippen molar-refractivity contribution in [1.29, 1.82) is 0 Å². The molecule has 1 aliphatic rings. The van der Waals surface area contributed by atoms with Crippen LogP contribution in [0.3, 0.4) is 0 Å². The molecule has 0 aliphatic heterocycles. The summed E-state index contributed by atoms with van der Waals surface area (Å²) in [4.78, 5) is 34.6. The van der Waals surface area contributed by atoms with Crippen molar-refractivity contribution in [2.45, 2.75) is 95.5 Å². The van der Waals surface area contributed by atoms with Crippen LogP contribution >= 0.6 is 0 Å². The predicted molar refractivity (Wildman–Crippen MR) is 111 cm³/mol. The Morgan fingerprint density at radius 2 is 1.57 bits per heavy atom. The summed E-state index contributed by atoms with van der Waals surface area (Å²) in [6, 6.07) is -0.713. The Hall–Kier alpha value is -0.0736. The van der Waals surface area contributed by atoms with Crippen LogP contribution in [-0.2, 0) is 19.1 Å². The molecule has 0 aromatic carbocycles. The van der Waals surface area contributed by atoms with Crippen molar-refractivity contribution < 1.29 is 39.5 Å². The van der Waals surface area contributed by atoms with E-state index in [9.17, 15) is 24.6 Å². The standard InChI is InChI=1S/C20H35NO8.K.H/c1-12(2)8-15(22)18(14(21)9-13-6-4-3-5-7-13)29-19(27)20(28,10-16(23)24)11-17(25)26;;/h12-15,18,22,28H,3-11,21H2,1-2H3,(H,23,24)(H,25,26);;. The van der Waals surface area contributed by atoms with Crippen LogP contribution in [0, 0.1) is 11.8 Å². The summed E-state index contributed by atoms with van der Waals surface area (Å²) in [6.45, 7) is 3.75. The Morgan fingerprint density at radius 1 is 1.07 bits per heavy atom. The van der Waals surface area contributed by atoms with Crippen LogP contribution in [0.15, 0.2) is 0 Å². The molecule has 10 heteroatoms. The van der Waals surface area contributed by atoms with Gasteiger partial charge in [-0.15, -0.1) is 0 Å². The quantitative estimate of drug-likeness (QED) is 0.208. The Kier molecular flexibility index (Phi) is 14.1. The van der Waals surface area contributed by atoms with Gasteiger partial charge in [0.2, 0.25) is 0 Å². The molecule has 0 aromatic rings. The first kappa shape index (κ1) is 29.9. The summed E-state index contributed by atoms with van der Waals surface area (Å²) in [7, 11) is 0. The van der Waals surface area contributed by atoms with E-state index in [1.807, 2.05) is 13.8 Å². The molecule has 170 valence electrons. The van der Waals surface area contributed by atoms with Crippen molar-refractivity contribution >= 4 is 69.3 Å². The number of carboxylic acids is 2. The molecule has 0 saturated heterocycles. The number of aliphatic hydroxyl groups excluding tert-OH is 1. The number of carbonyl (C=O) groups excluding carboxylic acids is 1. The van der Waals surface area contributed by atoms with Crippen molar-refractivity contribution in [2.75, 3.05) is 0 Å². The molecule has 0 amide bonds. The Morgan fingerprint density at radius 3 is 2.00 bits per heavy atom.